The minimum absolute atomic E-state index is 0. The SMILES string of the molecule is CCOCC1CCN(C(=NCCc2cccs2)NCCc2ccco2)C1.I. The lowest BCUT2D eigenvalue weighted by Crippen LogP contribution is -2.41. The number of furan rings is 1. The van der Waals surface area contributed by atoms with Crippen molar-refractivity contribution in [2.75, 3.05) is 39.4 Å². The average Bonchev–Trinajstić information content (AvgIpc) is 3.40. The third kappa shape index (κ3) is 7.46. The second-order valence-electron chi connectivity index (χ2n) is 6.55. The second-order valence-corrected chi connectivity index (χ2v) is 7.58. The molecule has 2 aromatic rings. The molecule has 1 aliphatic heterocycles. The molecule has 0 aromatic carbocycles. The van der Waals surface area contributed by atoms with Crippen molar-refractivity contribution in [3.05, 3.63) is 46.5 Å². The van der Waals surface area contributed by atoms with Gasteiger partial charge in [-0.2, -0.15) is 0 Å². The molecule has 2 aromatic heterocycles. The van der Waals surface area contributed by atoms with Crippen molar-refractivity contribution >= 4 is 41.3 Å². The first-order chi connectivity index (χ1) is 12.8. The molecule has 0 radical (unpaired) electrons. The van der Waals surface area contributed by atoms with Gasteiger partial charge in [-0.25, -0.2) is 0 Å². The molecule has 3 heterocycles. The van der Waals surface area contributed by atoms with Crippen molar-refractivity contribution in [2.24, 2.45) is 10.9 Å². The molecular weight excluding hydrogens is 473 g/mol. The van der Waals surface area contributed by atoms with Gasteiger partial charge in [-0.3, -0.25) is 4.99 Å². The molecule has 0 bridgehead atoms. The zero-order valence-electron chi connectivity index (χ0n) is 15.9. The van der Waals surface area contributed by atoms with E-state index in [2.05, 4.69) is 34.7 Å². The van der Waals surface area contributed by atoms with E-state index in [0.717, 1.165) is 64.0 Å². The molecule has 0 amide bonds. The van der Waals surface area contributed by atoms with Crippen LogP contribution in [0.3, 0.4) is 0 Å². The van der Waals surface area contributed by atoms with E-state index in [4.69, 9.17) is 14.1 Å². The summed E-state index contributed by atoms with van der Waals surface area (Å²) in [6.45, 7) is 7.41. The maximum absolute atomic E-state index is 5.61. The van der Waals surface area contributed by atoms with Gasteiger partial charge in [0.25, 0.3) is 0 Å². The van der Waals surface area contributed by atoms with Gasteiger partial charge in [-0.15, -0.1) is 35.3 Å². The molecule has 0 aliphatic carbocycles. The quantitative estimate of drug-likeness (QED) is 0.319. The Morgan fingerprint density at radius 2 is 2.30 bits per heavy atom. The van der Waals surface area contributed by atoms with Gasteiger partial charge in [0.2, 0.25) is 0 Å². The summed E-state index contributed by atoms with van der Waals surface area (Å²) in [4.78, 5) is 8.64. The van der Waals surface area contributed by atoms with E-state index in [9.17, 15) is 0 Å². The fourth-order valence-corrected chi connectivity index (χ4v) is 3.89. The molecule has 1 unspecified atom stereocenters. The molecule has 7 heteroatoms. The number of hydrogen-bond donors (Lipinski definition) is 1. The summed E-state index contributed by atoms with van der Waals surface area (Å²) in [5.74, 6) is 2.63. The Labute approximate surface area is 183 Å². The lowest BCUT2D eigenvalue weighted by atomic mass is 10.1. The molecule has 1 N–H and O–H groups in total. The highest BCUT2D eigenvalue weighted by atomic mass is 127. The van der Waals surface area contributed by atoms with Crippen molar-refractivity contribution < 1.29 is 9.15 Å². The predicted molar refractivity (Wildman–Crippen MR) is 122 cm³/mol. The monoisotopic (exact) mass is 503 g/mol. The van der Waals surface area contributed by atoms with E-state index in [0.29, 0.717) is 5.92 Å². The summed E-state index contributed by atoms with van der Waals surface area (Å²) in [7, 11) is 0. The molecular formula is C20H30IN3O2S. The predicted octanol–water partition coefficient (Wildman–Crippen LogP) is 4.05. The molecule has 1 aliphatic rings. The van der Waals surface area contributed by atoms with Gasteiger partial charge in [-0.1, -0.05) is 6.07 Å². The van der Waals surface area contributed by atoms with E-state index in [1.54, 1.807) is 17.6 Å². The smallest absolute Gasteiger partial charge is 0.193 e. The van der Waals surface area contributed by atoms with Crippen molar-refractivity contribution in [3.8, 4) is 0 Å². The number of rotatable bonds is 9. The van der Waals surface area contributed by atoms with Gasteiger partial charge in [0.1, 0.15) is 5.76 Å². The van der Waals surface area contributed by atoms with Crippen molar-refractivity contribution in [3.63, 3.8) is 0 Å². The summed E-state index contributed by atoms with van der Waals surface area (Å²) in [6, 6.07) is 8.23. The number of likely N-dealkylation sites (tertiary alicyclic amines) is 1. The minimum Gasteiger partial charge on any atom is -0.469 e. The van der Waals surface area contributed by atoms with E-state index in [1.165, 1.54) is 11.3 Å². The number of nitrogens with one attached hydrogen (secondary N) is 1. The zero-order chi connectivity index (χ0) is 18.0. The van der Waals surface area contributed by atoms with Crippen LogP contribution in [0.2, 0.25) is 0 Å². The molecule has 0 spiro atoms. The van der Waals surface area contributed by atoms with E-state index in [1.807, 2.05) is 12.1 Å². The van der Waals surface area contributed by atoms with Crippen LogP contribution in [0, 0.1) is 5.92 Å². The van der Waals surface area contributed by atoms with Crippen molar-refractivity contribution in [1.82, 2.24) is 10.2 Å². The minimum atomic E-state index is 0. The lowest BCUT2D eigenvalue weighted by Gasteiger charge is -2.22. The molecule has 1 fully saturated rings. The summed E-state index contributed by atoms with van der Waals surface area (Å²) < 4.78 is 11.0. The fraction of sp³-hybridized carbons (Fsp3) is 0.550. The molecule has 1 saturated heterocycles. The third-order valence-electron chi connectivity index (χ3n) is 4.58. The molecule has 0 saturated carbocycles. The maximum atomic E-state index is 5.61. The Morgan fingerprint density at radius 1 is 1.37 bits per heavy atom. The standard InChI is InChI=1S/C20H29N3O2S.HI/c1-2-24-16-17-9-12-23(15-17)20(21-10-7-18-5-3-13-25-18)22-11-8-19-6-4-14-26-19;/h3-6,13-14,17H,2,7-12,15-16H2,1H3,(H,21,22);1H. The van der Waals surface area contributed by atoms with Gasteiger partial charge < -0.3 is 19.4 Å². The van der Waals surface area contributed by atoms with Crippen molar-refractivity contribution in [2.45, 2.75) is 26.2 Å². The molecule has 27 heavy (non-hydrogen) atoms. The first kappa shape index (κ1) is 22.2. The highest BCUT2D eigenvalue weighted by molar-refractivity contribution is 14.0. The molecule has 3 rings (SSSR count). The first-order valence-corrected chi connectivity index (χ1v) is 10.4. The third-order valence-corrected chi connectivity index (χ3v) is 5.51. The van der Waals surface area contributed by atoms with Crippen LogP contribution in [0.5, 0.6) is 0 Å². The van der Waals surface area contributed by atoms with Crippen LogP contribution in [0.1, 0.15) is 24.0 Å². The van der Waals surface area contributed by atoms with Crippen LogP contribution >= 0.6 is 35.3 Å². The first-order valence-electron chi connectivity index (χ1n) is 9.51. The highest BCUT2D eigenvalue weighted by Gasteiger charge is 2.25. The van der Waals surface area contributed by atoms with E-state index < -0.39 is 0 Å². The Kier molecular flexibility index (Phi) is 10.2. The number of hydrogen-bond acceptors (Lipinski definition) is 4. The number of guanidine groups is 1. The van der Waals surface area contributed by atoms with Gasteiger partial charge >= 0.3 is 0 Å². The molecule has 150 valence electrons. The van der Waals surface area contributed by atoms with Crippen LogP contribution in [0.15, 0.2) is 45.3 Å². The van der Waals surface area contributed by atoms with Crippen LogP contribution in [0.25, 0.3) is 0 Å². The number of nitrogens with zero attached hydrogens (tertiary/aromatic N) is 2. The Balaban J connectivity index is 0.00000261. The van der Waals surface area contributed by atoms with Crippen LogP contribution < -0.4 is 5.32 Å². The Hall–Kier alpha value is -1.06. The number of halogens is 1. The largest absolute Gasteiger partial charge is 0.469 e. The summed E-state index contributed by atoms with van der Waals surface area (Å²) in [6.07, 6.45) is 4.76. The Bertz CT molecular complexity index is 646. The lowest BCUT2D eigenvalue weighted by molar-refractivity contribution is 0.114. The summed E-state index contributed by atoms with van der Waals surface area (Å²) >= 11 is 1.80. The zero-order valence-corrected chi connectivity index (χ0v) is 19.1. The van der Waals surface area contributed by atoms with Gasteiger partial charge in [-0.05, 0) is 36.9 Å². The normalized spacial score (nSPS) is 17.1. The highest BCUT2D eigenvalue weighted by Crippen LogP contribution is 2.17. The average molecular weight is 503 g/mol. The van der Waals surface area contributed by atoms with Gasteiger partial charge in [0.15, 0.2) is 5.96 Å². The maximum Gasteiger partial charge on any atom is 0.193 e. The van der Waals surface area contributed by atoms with Crippen LogP contribution in [-0.2, 0) is 17.6 Å². The van der Waals surface area contributed by atoms with Crippen molar-refractivity contribution in [1.29, 1.82) is 0 Å². The van der Waals surface area contributed by atoms with Gasteiger partial charge in [0, 0.05) is 56.4 Å². The van der Waals surface area contributed by atoms with Crippen LogP contribution in [-0.4, -0.2) is 50.3 Å². The second kappa shape index (κ2) is 12.4. The molecule has 5 nitrogen and oxygen atoms in total. The van der Waals surface area contributed by atoms with E-state index >= 15 is 0 Å². The number of thiophene rings is 1. The summed E-state index contributed by atoms with van der Waals surface area (Å²) in [5, 5.41) is 5.66. The Morgan fingerprint density at radius 3 is 3.04 bits per heavy atom. The van der Waals surface area contributed by atoms with Crippen LogP contribution in [0.4, 0.5) is 0 Å². The number of ether oxygens (including phenoxy) is 1. The molecule has 1 atom stereocenters. The fourth-order valence-electron chi connectivity index (χ4n) is 3.19. The van der Waals surface area contributed by atoms with E-state index in [-0.39, 0.29) is 24.0 Å². The van der Waals surface area contributed by atoms with Gasteiger partial charge in [0.05, 0.1) is 12.9 Å². The number of aliphatic imine (C=N–C) groups is 1. The topological polar surface area (TPSA) is 50.0 Å². The summed E-state index contributed by atoms with van der Waals surface area (Å²) in [5.41, 5.74) is 0.